The van der Waals surface area contributed by atoms with E-state index in [-0.39, 0.29) is 10.9 Å². The highest BCUT2D eigenvalue weighted by atomic mass is 31.1. The number of rotatable bonds is 5. The zero-order chi connectivity index (χ0) is 18.6. The second-order valence-electron chi connectivity index (χ2n) is 6.96. The van der Waals surface area contributed by atoms with Gasteiger partial charge in [0.25, 0.3) is 0 Å². The summed E-state index contributed by atoms with van der Waals surface area (Å²) >= 11 is 0. The Morgan fingerprint density at radius 2 is 1.19 bits per heavy atom. The molecule has 0 heterocycles. The molecule has 0 aliphatic carbocycles. The molecule has 4 heteroatoms. The molecule has 3 rings (SSSR count). The Labute approximate surface area is 156 Å². The zero-order valence-corrected chi connectivity index (χ0v) is 16.1. The third kappa shape index (κ3) is 4.77. The minimum Gasteiger partial charge on any atom is -0.508 e. The highest BCUT2D eigenvalue weighted by Gasteiger charge is 2.29. The van der Waals surface area contributed by atoms with Crippen LogP contribution in [0.15, 0.2) is 78.9 Å². The summed E-state index contributed by atoms with van der Waals surface area (Å²) in [5.74, 6) is 2.45. The molecule has 1 atom stereocenters. The second kappa shape index (κ2) is 7.80. The molecule has 3 aromatic rings. The third-order valence-corrected chi connectivity index (χ3v) is 6.07. The van der Waals surface area contributed by atoms with Crippen LogP contribution in [0.25, 0.3) is 0 Å². The molecule has 134 valence electrons. The Morgan fingerprint density at radius 3 is 1.73 bits per heavy atom. The number of benzene rings is 3. The number of hydrogen-bond donors (Lipinski definition) is 1. The summed E-state index contributed by atoms with van der Waals surface area (Å²) in [6, 6.07) is 24.7. The number of ether oxygens (including phenoxy) is 1. The largest absolute Gasteiger partial charge is 0.508 e. The lowest BCUT2D eigenvalue weighted by Crippen LogP contribution is -2.22. The van der Waals surface area contributed by atoms with Crippen molar-refractivity contribution in [3.63, 3.8) is 0 Å². The van der Waals surface area contributed by atoms with Crippen molar-refractivity contribution < 1.29 is 14.4 Å². The highest BCUT2D eigenvalue weighted by molar-refractivity contribution is 7.62. The molecule has 0 saturated heterocycles. The predicted molar refractivity (Wildman–Crippen MR) is 108 cm³/mol. The van der Waals surface area contributed by atoms with Gasteiger partial charge in [-0.1, -0.05) is 51.1 Å². The van der Waals surface area contributed by atoms with Crippen molar-refractivity contribution in [1.82, 2.24) is 0 Å². The van der Waals surface area contributed by atoms with E-state index in [1.165, 1.54) is 5.30 Å². The van der Waals surface area contributed by atoms with Gasteiger partial charge in [-0.2, -0.15) is 0 Å². The van der Waals surface area contributed by atoms with Crippen molar-refractivity contribution in [2.24, 2.45) is 0 Å². The predicted octanol–water partition coefficient (Wildman–Crippen LogP) is 6.08. The monoisotopic (exact) mass is 366 g/mol. The average molecular weight is 366 g/mol. The van der Waals surface area contributed by atoms with E-state index in [0.717, 1.165) is 11.5 Å². The molecular weight excluding hydrogens is 343 g/mol. The van der Waals surface area contributed by atoms with Crippen molar-refractivity contribution >= 4 is 13.5 Å². The SMILES string of the molecule is CC(C)(C)P(Oc1ccc(Oc2ccc(O)cc2)cc1)c1ccccc1. The summed E-state index contributed by atoms with van der Waals surface area (Å²) in [5.41, 5.74) is 0. The van der Waals surface area contributed by atoms with E-state index in [1.54, 1.807) is 24.3 Å². The van der Waals surface area contributed by atoms with Crippen LogP contribution in [0.1, 0.15) is 20.8 Å². The van der Waals surface area contributed by atoms with E-state index in [9.17, 15) is 5.11 Å². The van der Waals surface area contributed by atoms with Crippen LogP contribution in [0.3, 0.4) is 0 Å². The van der Waals surface area contributed by atoms with Gasteiger partial charge in [0.1, 0.15) is 31.1 Å². The maximum atomic E-state index is 9.33. The van der Waals surface area contributed by atoms with Crippen molar-refractivity contribution in [3.8, 4) is 23.0 Å². The molecule has 1 unspecified atom stereocenters. The molecule has 0 bridgehead atoms. The summed E-state index contributed by atoms with van der Waals surface area (Å²) < 4.78 is 12.1. The average Bonchev–Trinajstić information content (AvgIpc) is 2.63. The lowest BCUT2D eigenvalue weighted by Gasteiger charge is -2.30. The standard InChI is InChI=1S/C22H23O3P/c1-22(2,3)26(21-7-5-4-6-8-21)25-20-15-13-19(14-16-20)24-18-11-9-17(23)10-12-18/h4-16,23H,1-3H3. The normalized spacial score (nSPS) is 12.4. The summed E-state index contributed by atoms with van der Waals surface area (Å²) in [4.78, 5) is 0. The van der Waals surface area contributed by atoms with Crippen LogP contribution < -0.4 is 14.6 Å². The lowest BCUT2D eigenvalue weighted by atomic mass is 10.3. The Morgan fingerprint density at radius 1 is 0.692 bits per heavy atom. The van der Waals surface area contributed by atoms with Gasteiger partial charge in [0.15, 0.2) is 0 Å². The van der Waals surface area contributed by atoms with Crippen molar-refractivity contribution in [1.29, 1.82) is 0 Å². The molecular formula is C22H23O3P. The molecule has 0 spiro atoms. The first kappa shape index (κ1) is 18.3. The minimum absolute atomic E-state index is 0.0257. The van der Waals surface area contributed by atoms with Gasteiger partial charge in [-0.25, -0.2) is 0 Å². The van der Waals surface area contributed by atoms with Crippen LogP contribution in [0, 0.1) is 0 Å². The van der Waals surface area contributed by atoms with Crippen molar-refractivity contribution in [2.75, 3.05) is 0 Å². The Balaban J connectivity index is 1.74. The van der Waals surface area contributed by atoms with Gasteiger partial charge in [-0.15, -0.1) is 0 Å². The van der Waals surface area contributed by atoms with Gasteiger partial charge in [0.2, 0.25) is 0 Å². The quantitative estimate of drug-likeness (QED) is 0.556. The highest BCUT2D eigenvalue weighted by Crippen LogP contribution is 2.49. The van der Waals surface area contributed by atoms with E-state index in [2.05, 4.69) is 32.9 Å². The molecule has 0 aliphatic rings. The third-order valence-electron chi connectivity index (χ3n) is 3.69. The molecule has 0 fully saturated rings. The fourth-order valence-electron chi connectivity index (χ4n) is 2.46. The molecule has 0 saturated carbocycles. The van der Waals surface area contributed by atoms with E-state index in [0.29, 0.717) is 5.75 Å². The van der Waals surface area contributed by atoms with Crippen LogP contribution in [0.2, 0.25) is 0 Å². The Hall–Kier alpha value is -2.51. The molecule has 3 aromatic carbocycles. The topological polar surface area (TPSA) is 38.7 Å². The van der Waals surface area contributed by atoms with Crippen LogP contribution in [0.4, 0.5) is 0 Å². The van der Waals surface area contributed by atoms with Crippen LogP contribution in [0.5, 0.6) is 23.0 Å². The fourth-order valence-corrected chi connectivity index (χ4v) is 4.39. The molecule has 0 aliphatic heterocycles. The Kier molecular flexibility index (Phi) is 5.49. The summed E-state index contributed by atoms with van der Waals surface area (Å²) in [7, 11) is -0.803. The smallest absolute Gasteiger partial charge is 0.127 e. The molecule has 0 radical (unpaired) electrons. The zero-order valence-electron chi connectivity index (χ0n) is 15.2. The van der Waals surface area contributed by atoms with E-state index in [1.807, 2.05) is 42.5 Å². The van der Waals surface area contributed by atoms with E-state index in [4.69, 9.17) is 9.26 Å². The van der Waals surface area contributed by atoms with Crippen molar-refractivity contribution in [2.45, 2.75) is 25.9 Å². The van der Waals surface area contributed by atoms with Crippen LogP contribution in [-0.2, 0) is 0 Å². The number of phenols is 1. The van der Waals surface area contributed by atoms with Gasteiger partial charge >= 0.3 is 0 Å². The number of hydrogen-bond acceptors (Lipinski definition) is 3. The molecule has 26 heavy (non-hydrogen) atoms. The number of phenolic OH excluding ortho intramolecular Hbond substituents is 1. The Bertz CT molecular complexity index is 822. The van der Waals surface area contributed by atoms with E-state index < -0.39 is 8.15 Å². The van der Waals surface area contributed by atoms with E-state index >= 15 is 0 Å². The molecule has 1 N–H and O–H groups in total. The van der Waals surface area contributed by atoms with Gasteiger partial charge in [0.05, 0.1) is 0 Å². The first-order chi connectivity index (χ1) is 12.4. The van der Waals surface area contributed by atoms with Crippen LogP contribution >= 0.6 is 8.15 Å². The van der Waals surface area contributed by atoms with Crippen molar-refractivity contribution in [3.05, 3.63) is 78.9 Å². The second-order valence-corrected chi connectivity index (χ2v) is 9.59. The maximum absolute atomic E-state index is 9.33. The lowest BCUT2D eigenvalue weighted by molar-refractivity contribution is 0.464. The summed E-state index contributed by atoms with van der Waals surface area (Å²) in [5, 5.41) is 10.6. The van der Waals surface area contributed by atoms with Gasteiger partial charge in [0, 0.05) is 10.5 Å². The molecule has 3 nitrogen and oxygen atoms in total. The minimum atomic E-state index is -0.803. The summed E-state index contributed by atoms with van der Waals surface area (Å²) in [6.07, 6.45) is 0. The maximum Gasteiger partial charge on any atom is 0.127 e. The number of aromatic hydroxyl groups is 1. The van der Waals surface area contributed by atoms with Gasteiger partial charge in [-0.3, -0.25) is 0 Å². The molecule has 0 amide bonds. The van der Waals surface area contributed by atoms with Gasteiger partial charge < -0.3 is 14.4 Å². The summed E-state index contributed by atoms with van der Waals surface area (Å²) in [6.45, 7) is 6.61. The molecule has 0 aromatic heterocycles. The first-order valence-electron chi connectivity index (χ1n) is 8.52. The first-order valence-corrected chi connectivity index (χ1v) is 9.78. The van der Waals surface area contributed by atoms with Crippen LogP contribution in [-0.4, -0.2) is 10.3 Å². The van der Waals surface area contributed by atoms with Gasteiger partial charge in [-0.05, 0) is 48.5 Å². The fraction of sp³-hybridized carbons (Fsp3) is 0.182.